The Morgan fingerprint density at radius 3 is 2.67 bits per heavy atom. The molecule has 10 heteroatoms. The van der Waals surface area contributed by atoms with Crippen LogP contribution in [0.4, 0.5) is 10.8 Å². The van der Waals surface area contributed by atoms with E-state index in [0.717, 1.165) is 17.5 Å². The number of nitrogens with one attached hydrogen (secondary N) is 1. The molecule has 0 aliphatic heterocycles. The Morgan fingerprint density at radius 1 is 1.20 bits per heavy atom. The Kier molecular flexibility index (Phi) is 6.91. The first-order valence-corrected chi connectivity index (χ1v) is 10.0. The van der Waals surface area contributed by atoms with E-state index < -0.39 is 10.8 Å². The summed E-state index contributed by atoms with van der Waals surface area (Å²) in [7, 11) is 0. The molecular formula is C20H19N3O6S. The lowest BCUT2D eigenvalue weighted by Crippen LogP contribution is -2.19. The van der Waals surface area contributed by atoms with Gasteiger partial charge in [-0.1, -0.05) is 24.7 Å². The first-order valence-electron chi connectivity index (χ1n) is 9.21. The Morgan fingerprint density at radius 2 is 1.97 bits per heavy atom. The molecule has 3 aromatic rings. The van der Waals surface area contributed by atoms with Gasteiger partial charge in [-0.15, -0.1) is 0 Å². The maximum atomic E-state index is 12.1. The van der Waals surface area contributed by atoms with Gasteiger partial charge in [0.05, 0.1) is 27.3 Å². The SMILES string of the molecule is CCCCOC(=O)c1ccc2nc(NC(=O)COc3ccc([N+](=O)[O-])cc3)sc2c1. The molecule has 0 atom stereocenters. The molecule has 0 spiro atoms. The van der Waals surface area contributed by atoms with Crippen LogP contribution < -0.4 is 10.1 Å². The molecule has 0 aliphatic carbocycles. The average Bonchev–Trinajstić information content (AvgIpc) is 3.14. The summed E-state index contributed by atoms with van der Waals surface area (Å²) in [4.78, 5) is 38.6. The molecule has 1 amide bonds. The third-order valence-corrected chi connectivity index (χ3v) is 4.95. The quantitative estimate of drug-likeness (QED) is 0.234. The van der Waals surface area contributed by atoms with Crippen molar-refractivity contribution < 1.29 is 24.0 Å². The number of esters is 1. The van der Waals surface area contributed by atoms with E-state index in [1.54, 1.807) is 18.2 Å². The zero-order valence-corrected chi connectivity index (χ0v) is 16.9. The second-order valence-corrected chi connectivity index (χ2v) is 7.31. The van der Waals surface area contributed by atoms with Gasteiger partial charge in [0.1, 0.15) is 5.75 Å². The van der Waals surface area contributed by atoms with Gasteiger partial charge in [-0.2, -0.15) is 0 Å². The number of rotatable bonds is 9. The van der Waals surface area contributed by atoms with Gasteiger partial charge < -0.3 is 9.47 Å². The summed E-state index contributed by atoms with van der Waals surface area (Å²) >= 11 is 1.23. The van der Waals surface area contributed by atoms with Crippen LogP contribution in [0.5, 0.6) is 5.75 Å². The molecule has 0 aliphatic rings. The molecule has 1 aromatic heterocycles. The van der Waals surface area contributed by atoms with E-state index in [2.05, 4.69) is 10.3 Å². The van der Waals surface area contributed by atoms with E-state index in [-0.39, 0.29) is 18.3 Å². The second kappa shape index (κ2) is 9.79. The van der Waals surface area contributed by atoms with Gasteiger partial charge in [0, 0.05) is 12.1 Å². The smallest absolute Gasteiger partial charge is 0.338 e. The highest BCUT2D eigenvalue weighted by Gasteiger charge is 2.13. The summed E-state index contributed by atoms with van der Waals surface area (Å²) in [5.74, 6) is -0.473. The van der Waals surface area contributed by atoms with Crippen molar-refractivity contribution in [3.63, 3.8) is 0 Å². The van der Waals surface area contributed by atoms with Gasteiger partial charge >= 0.3 is 5.97 Å². The van der Waals surface area contributed by atoms with Crippen LogP contribution in [0.25, 0.3) is 10.2 Å². The molecule has 9 nitrogen and oxygen atoms in total. The number of thiazole rings is 1. The maximum absolute atomic E-state index is 12.1. The van der Waals surface area contributed by atoms with Crippen molar-refractivity contribution in [2.24, 2.45) is 0 Å². The van der Waals surface area contributed by atoms with E-state index in [1.807, 2.05) is 6.92 Å². The Balaban J connectivity index is 1.57. The number of hydrogen-bond acceptors (Lipinski definition) is 8. The highest BCUT2D eigenvalue weighted by molar-refractivity contribution is 7.22. The lowest BCUT2D eigenvalue weighted by atomic mass is 10.2. The number of benzene rings is 2. The summed E-state index contributed by atoms with van der Waals surface area (Å²) in [6, 6.07) is 10.5. The van der Waals surface area contributed by atoms with Crippen LogP contribution in [0.1, 0.15) is 30.1 Å². The van der Waals surface area contributed by atoms with Gasteiger partial charge in [-0.05, 0) is 36.8 Å². The highest BCUT2D eigenvalue weighted by Crippen LogP contribution is 2.27. The minimum Gasteiger partial charge on any atom is -0.484 e. The third kappa shape index (κ3) is 5.51. The van der Waals surface area contributed by atoms with E-state index in [9.17, 15) is 19.7 Å². The standard InChI is InChI=1S/C20H19N3O6S/c1-2-3-10-28-19(25)13-4-9-16-17(11-13)30-20(21-16)22-18(24)12-29-15-7-5-14(6-8-15)23(26)27/h4-9,11H,2-3,10,12H2,1H3,(H,21,22,24). The molecule has 1 heterocycles. The van der Waals surface area contributed by atoms with Crippen molar-refractivity contribution in [3.05, 3.63) is 58.1 Å². The van der Waals surface area contributed by atoms with Crippen LogP contribution in [0.15, 0.2) is 42.5 Å². The number of non-ortho nitro benzene ring substituents is 1. The van der Waals surface area contributed by atoms with Crippen molar-refractivity contribution >= 4 is 44.2 Å². The number of amides is 1. The molecule has 0 radical (unpaired) electrons. The largest absolute Gasteiger partial charge is 0.484 e. The molecule has 3 rings (SSSR count). The number of carbonyl (C=O) groups excluding carboxylic acids is 2. The molecule has 2 aromatic carbocycles. The summed E-state index contributed by atoms with van der Waals surface area (Å²) in [6.45, 7) is 2.12. The Hall–Kier alpha value is -3.53. The number of nitrogens with zero attached hydrogens (tertiary/aromatic N) is 2. The Bertz CT molecular complexity index is 1060. The van der Waals surface area contributed by atoms with Crippen LogP contribution in [-0.4, -0.2) is 35.0 Å². The van der Waals surface area contributed by atoms with Crippen LogP contribution in [0, 0.1) is 10.1 Å². The van der Waals surface area contributed by atoms with Gasteiger partial charge in [0.15, 0.2) is 11.7 Å². The van der Waals surface area contributed by atoms with Crippen molar-refractivity contribution in [2.45, 2.75) is 19.8 Å². The van der Waals surface area contributed by atoms with Crippen molar-refractivity contribution in [1.29, 1.82) is 0 Å². The number of nitro benzene ring substituents is 1. The predicted octanol–water partition coefficient (Wildman–Crippen LogP) is 4.18. The number of fused-ring (bicyclic) bond motifs is 1. The van der Waals surface area contributed by atoms with Gasteiger partial charge in [0.25, 0.3) is 11.6 Å². The van der Waals surface area contributed by atoms with Gasteiger partial charge in [0.2, 0.25) is 0 Å². The summed E-state index contributed by atoms with van der Waals surface area (Å²) in [6.07, 6.45) is 1.75. The van der Waals surface area contributed by atoms with Crippen molar-refractivity contribution in [3.8, 4) is 5.75 Å². The Labute approximate surface area is 175 Å². The maximum Gasteiger partial charge on any atom is 0.338 e. The van der Waals surface area contributed by atoms with Crippen LogP contribution in [0.3, 0.4) is 0 Å². The first kappa shape index (κ1) is 21.2. The van der Waals surface area contributed by atoms with E-state index in [1.165, 1.54) is 35.6 Å². The molecule has 0 saturated carbocycles. The zero-order chi connectivity index (χ0) is 21.5. The fraction of sp³-hybridized carbons (Fsp3) is 0.250. The molecule has 30 heavy (non-hydrogen) atoms. The molecule has 0 saturated heterocycles. The number of ether oxygens (including phenoxy) is 2. The van der Waals surface area contributed by atoms with Crippen molar-refractivity contribution in [2.75, 3.05) is 18.5 Å². The molecular weight excluding hydrogens is 410 g/mol. The number of anilines is 1. The predicted molar refractivity (Wildman–Crippen MR) is 112 cm³/mol. The lowest BCUT2D eigenvalue weighted by Gasteiger charge is -2.05. The summed E-state index contributed by atoms with van der Waals surface area (Å²) in [5.41, 5.74) is 1.02. The van der Waals surface area contributed by atoms with Crippen LogP contribution in [0.2, 0.25) is 0 Å². The summed E-state index contributed by atoms with van der Waals surface area (Å²) < 4.78 is 11.3. The molecule has 0 fully saturated rings. The topological polar surface area (TPSA) is 121 Å². The number of carbonyl (C=O) groups is 2. The highest BCUT2D eigenvalue weighted by atomic mass is 32.1. The number of unbranched alkanes of at least 4 members (excludes halogenated alkanes) is 1. The van der Waals surface area contributed by atoms with Gasteiger partial charge in [-0.3, -0.25) is 20.2 Å². The summed E-state index contributed by atoms with van der Waals surface area (Å²) in [5, 5.41) is 13.7. The minimum atomic E-state index is -0.514. The number of hydrogen-bond donors (Lipinski definition) is 1. The van der Waals surface area contributed by atoms with E-state index in [4.69, 9.17) is 9.47 Å². The number of aromatic nitrogens is 1. The van der Waals surface area contributed by atoms with Crippen molar-refractivity contribution in [1.82, 2.24) is 4.98 Å². The lowest BCUT2D eigenvalue weighted by molar-refractivity contribution is -0.384. The van der Waals surface area contributed by atoms with Crippen LogP contribution >= 0.6 is 11.3 Å². The zero-order valence-electron chi connectivity index (χ0n) is 16.1. The fourth-order valence-corrected chi connectivity index (χ4v) is 3.39. The van der Waals surface area contributed by atoms with E-state index in [0.29, 0.717) is 28.6 Å². The van der Waals surface area contributed by atoms with E-state index >= 15 is 0 Å². The second-order valence-electron chi connectivity index (χ2n) is 6.28. The molecule has 156 valence electrons. The monoisotopic (exact) mass is 429 g/mol. The average molecular weight is 429 g/mol. The normalized spacial score (nSPS) is 10.6. The molecule has 0 unspecified atom stereocenters. The minimum absolute atomic E-state index is 0.0603. The van der Waals surface area contributed by atoms with Gasteiger partial charge in [-0.25, -0.2) is 9.78 Å². The van der Waals surface area contributed by atoms with Crippen LogP contribution in [-0.2, 0) is 9.53 Å². The number of nitro groups is 1. The first-order chi connectivity index (χ1) is 14.5. The fourth-order valence-electron chi connectivity index (χ4n) is 2.47. The third-order valence-electron chi connectivity index (χ3n) is 4.02. The molecule has 0 bridgehead atoms. The molecule has 1 N–H and O–H groups in total.